The van der Waals surface area contributed by atoms with Gasteiger partial charge in [-0.1, -0.05) is 23.7 Å². The number of halogens is 4. The van der Waals surface area contributed by atoms with Crippen molar-refractivity contribution >= 4 is 50.9 Å². The van der Waals surface area contributed by atoms with Gasteiger partial charge < -0.3 is 10.1 Å². The second kappa shape index (κ2) is 7.61. The number of hydrogen-bond acceptors (Lipinski definition) is 4. The van der Waals surface area contributed by atoms with Gasteiger partial charge in [0.05, 0.1) is 21.3 Å². The molecule has 0 saturated heterocycles. The maximum Gasteiger partial charge on any atom is 0.387 e. The van der Waals surface area contributed by atoms with Crippen molar-refractivity contribution in [2.75, 3.05) is 11.9 Å². The van der Waals surface area contributed by atoms with Crippen LogP contribution in [-0.2, 0) is 4.79 Å². The molecule has 6 nitrogen and oxygen atoms in total. The summed E-state index contributed by atoms with van der Waals surface area (Å²) in [5.41, 5.74) is 0.265. The third-order valence-electron chi connectivity index (χ3n) is 3.67. The molecule has 0 saturated carbocycles. The van der Waals surface area contributed by atoms with Crippen molar-refractivity contribution in [3.05, 3.63) is 57.0 Å². The lowest BCUT2D eigenvalue weighted by Gasteiger charge is -2.16. The first kappa shape index (κ1) is 19.2. The molecule has 0 fully saturated rings. The van der Waals surface area contributed by atoms with Crippen LogP contribution in [0.2, 0.25) is 5.02 Å². The molecule has 0 atom stereocenters. The summed E-state index contributed by atoms with van der Waals surface area (Å²) in [5, 5.41) is 2.49. The van der Waals surface area contributed by atoms with E-state index in [-0.39, 0.29) is 32.1 Å². The average molecular weight is 460 g/mol. The van der Waals surface area contributed by atoms with Gasteiger partial charge in [0.2, 0.25) is 5.91 Å². The molecule has 3 rings (SSSR count). The molecule has 10 heteroatoms. The van der Waals surface area contributed by atoms with Gasteiger partial charge in [-0.05, 0) is 40.2 Å². The van der Waals surface area contributed by atoms with Gasteiger partial charge >= 0.3 is 6.61 Å². The molecule has 0 bridgehead atoms. The Bertz CT molecular complexity index is 920. The highest BCUT2D eigenvalue weighted by Crippen LogP contribution is 2.37. The molecule has 0 aromatic heterocycles. The van der Waals surface area contributed by atoms with Gasteiger partial charge in [0.15, 0.2) is 5.75 Å². The van der Waals surface area contributed by atoms with Crippen molar-refractivity contribution in [3.8, 4) is 5.75 Å². The first-order chi connectivity index (χ1) is 12.8. The summed E-state index contributed by atoms with van der Waals surface area (Å²) in [6.07, 6.45) is 0. The number of imide groups is 1. The predicted molar refractivity (Wildman–Crippen MR) is 96.2 cm³/mol. The first-order valence-corrected chi connectivity index (χ1v) is 8.64. The van der Waals surface area contributed by atoms with Gasteiger partial charge in [-0.25, -0.2) is 0 Å². The molecule has 0 aliphatic carbocycles. The summed E-state index contributed by atoms with van der Waals surface area (Å²) in [7, 11) is 0. The molecule has 3 amide bonds. The monoisotopic (exact) mass is 458 g/mol. The summed E-state index contributed by atoms with van der Waals surface area (Å²) in [6.45, 7) is -3.72. The summed E-state index contributed by atoms with van der Waals surface area (Å²) < 4.78 is 29.7. The van der Waals surface area contributed by atoms with Crippen LogP contribution in [0.15, 0.2) is 40.9 Å². The SMILES string of the molecule is O=C(CN1C(=O)c2ccccc2C1=O)Nc1cc(Cl)cc(Br)c1OC(F)F. The number of rotatable bonds is 5. The maximum atomic E-state index is 12.6. The standard InChI is InChI=1S/C17H10BrClF2N2O4/c18-11-5-8(19)6-12(14(11)27-17(20)21)22-13(24)7-23-15(25)9-3-1-2-4-10(9)16(23)26/h1-6,17H,7H2,(H,22,24). The van der Waals surface area contributed by atoms with Crippen LogP contribution in [0.1, 0.15) is 20.7 Å². The van der Waals surface area contributed by atoms with Crippen molar-refractivity contribution in [1.29, 1.82) is 0 Å². The largest absolute Gasteiger partial charge is 0.431 e. The topological polar surface area (TPSA) is 75.7 Å². The number of carbonyl (C=O) groups is 3. The second-order valence-corrected chi connectivity index (χ2v) is 6.72. The van der Waals surface area contributed by atoms with E-state index in [1.807, 2.05) is 0 Å². The molecule has 1 heterocycles. The van der Waals surface area contributed by atoms with E-state index < -0.39 is 30.9 Å². The van der Waals surface area contributed by atoms with Crippen LogP contribution in [0.5, 0.6) is 5.75 Å². The highest BCUT2D eigenvalue weighted by molar-refractivity contribution is 9.10. The number of amides is 3. The van der Waals surface area contributed by atoms with Crippen LogP contribution in [0, 0.1) is 0 Å². The quantitative estimate of drug-likeness (QED) is 0.687. The average Bonchev–Trinajstić information content (AvgIpc) is 2.83. The van der Waals surface area contributed by atoms with Crippen molar-refractivity contribution in [2.24, 2.45) is 0 Å². The number of carbonyl (C=O) groups excluding carboxylic acids is 3. The second-order valence-electron chi connectivity index (χ2n) is 5.43. The minimum absolute atomic E-state index is 0.103. The van der Waals surface area contributed by atoms with Crippen LogP contribution in [0.4, 0.5) is 14.5 Å². The molecule has 0 radical (unpaired) electrons. The molecule has 0 unspecified atom stereocenters. The summed E-state index contributed by atoms with van der Waals surface area (Å²) >= 11 is 8.91. The molecular weight excluding hydrogens is 450 g/mol. The zero-order valence-electron chi connectivity index (χ0n) is 13.3. The summed E-state index contributed by atoms with van der Waals surface area (Å²) in [6, 6.07) is 8.70. The van der Waals surface area contributed by atoms with Crippen LogP contribution >= 0.6 is 27.5 Å². The van der Waals surface area contributed by atoms with E-state index in [0.29, 0.717) is 0 Å². The lowest BCUT2D eigenvalue weighted by atomic mass is 10.1. The lowest BCUT2D eigenvalue weighted by molar-refractivity contribution is -0.116. The number of alkyl halides is 2. The summed E-state index contributed by atoms with van der Waals surface area (Å²) in [5.74, 6) is -2.33. The number of nitrogens with one attached hydrogen (secondary N) is 1. The Hall–Kier alpha value is -2.52. The highest BCUT2D eigenvalue weighted by atomic mass is 79.9. The van der Waals surface area contributed by atoms with Crippen LogP contribution in [-0.4, -0.2) is 35.8 Å². The van der Waals surface area contributed by atoms with Crippen molar-refractivity contribution in [1.82, 2.24) is 4.90 Å². The third kappa shape index (κ3) is 3.93. The van der Waals surface area contributed by atoms with E-state index in [1.165, 1.54) is 24.3 Å². The van der Waals surface area contributed by atoms with E-state index in [2.05, 4.69) is 26.0 Å². The molecule has 1 aliphatic heterocycles. The Morgan fingerprint density at radius 2 is 1.78 bits per heavy atom. The summed E-state index contributed by atoms with van der Waals surface area (Å²) in [4.78, 5) is 37.7. The lowest BCUT2D eigenvalue weighted by Crippen LogP contribution is -2.37. The van der Waals surface area contributed by atoms with Gasteiger partial charge in [-0.15, -0.1) is 0 Å². The number of fused-ring (bicyclic) bond motifs is 1. The smallest absolute Gasteiger partial charge is 0.387 e. The number of ether oxygens (including phenoxy) is 1. The molecule has 1 aliphatic rings. The molecule has 27 heavy (non-hydrogen) atoms. The van der Waals surface area contributed by atoms with Gasteiger partial charge in [0.25, 0.3) is 11.8 Å². The Morgan fingerprint density at radius 3 is 2.33 bits per heavy atom. The fraction of sp³-hybridized carbons (Fsp3) is 0.118. The normalized spacial score (nSPS) is 13.1. The van der Waals surface area contributed by atoms with E-state index >= 15 is 0 Å². The molecular formula is C17H10BrClF2N2O4. The molecule has 2 aromatic rings. The Morgan fingerprint density at radius 1 is 1.19 bits per heavy atom. The van der Waals surface area contributed by atoms with Crippen LogP contribution in [0.25, 0.3) is 0 Å². The van der Waals surface area contributed by atoms with Crippen molar-refractivity contribution in [2.45, 2.75) is 6.61 Å². The Balaban J connectivity index is 1.80. The highest BCUT2D eigenvalue weighted by Gasteiger charge is 2.36. The zero-order valence-corrected chi connectivity index (χ0v) is 15.7. The molecule has 1 N–H and O–H groups in total. The van der Waals surface area contributed by atoms with E-state index in [4.69, 9.17) is 11.6 Å². The fourth-order valence-corrected chi connectivity index (χ4v) is 3.48. The molecule has 2 aromatic carbocycles. The van der Waals surface area contributed by atoms with Gasteiger partial charge in [0, 0.05) is 5.02 Å². The zero-order chi connectivity index (χ0) is 19.7. The van der Waals surface area contributed by atoms with E-state index in [1.54, 1.807) is 12.1 Å². The van der Waals surface area contributed by atoms with Crippen molar-refractivity contribution < 1.29 is 27.9 Å². The number of hydrogen-bond donors (Lipinski definition) is 1. The third-order valence-corrected chi connectivity index (χ3v) is 4.48. The number of anilines is 1. The Kier molecular flexibility index (Phi) is 5.43. The van der Waals surface area contributed by atoms with E-state index in [0.717, 1.165) is 4.90 Å². The van der Waals surface area contributed by atoms with Crippen molar-refractivity contribution in [3.63, 3.8) is 0 Å². The minimum atomic E-state index is -3.13. The van der Waals surface area contributed by atoms with Gasteiger partial charge in [-0.2, -0.15) is 8.78 Å². The van der Waals surface area contributed by atoms with Gasteiger partial charge in [0.1, 0.15) is 6.54 Å². The minimum Gasteiger partial charge on any atom is -0.431 e. The van der Waals surface area contributed by atoms with Gasteiger partial charge in [-0.3, -0.25) is 19.3 Å². The first-order valence-electron chi connectivity index (χ1n) is 7.47. The molecule has 140 valence electrons. The Labute approximate surface area is 165 Å². The fourth-order valence-electron chi connectivity index (χ4n) is 2.58. The number of benzene rings is 2. The predicted octanol–water partition coefficient (Wildman–Crippen LogP) is 3.94. The molecule has 0 spiro atoms. The maximum absolute atomic E-state index is 12.6. The van der Waals surface area contributed by atoms with Crippen LogP contribution in [0.3, 0.4) is 0 Å². The van der Waals surface area contributed by atoms with E-state index in [9.17, 15) is 23.2 Å². The van der Waals surface area contributed by atoms with Crippen LogP contribution < -0.4 is 10.1 Å². The number of nitrogens with zero attached hydrogens (tertiary/aromatic N) is 1.